The first-order valence-corrected chi connectivity index (χ1v) is 7.58. The van der Waals surface area contributed by atoms with E-state index in [9.17, 15) is 4.79 Å². The Hall–Kier alpha value is -0.180. The fraction of sp³-hybridized carbons (Fsp3) is 0.917. The maximum absolute atomic E-state index is 11.4. The summed E-state index contributed by atoms with van der Waals surface area (Å²) in [7, 11) is 1.87. The number of carbonyl (C=O) groups excluding carboxylic acids is 1. The molecule has 0 aromatic carbocycles. The van der Waals surface area contributed by atoms with Gasteiger partial charge < -0.3 is 25.0 Å². The van der Waals surface area contributed by atoms with Crippen molar-refractivity contribution in [1.29, 1.82) is 0 Å². The van der Waals surface area contributed by atoms with E-state index in [1.54, 1.807) is 0 Å². The molecule has 6 nitrogen and oxygen atoms in total. The molecule has 0 aromatic heterocycles. The fourth-order valence-corrected chi connectivity index (χ4v) is 1.92. The number of rotatable bonds is 14. The van der Waals surface area contributed by atoms with Crippen molar-refractivity contribution in [3.63, 3.8) is 0 Å². The zero-order valence-electron chi connectivity index (χ0n) is 11.5. The summed E-state index contributed by atoms with van der Waals surface area (Å²) in [5.74, 6) is 0.608. The Morgan fingerprint density at radius 3 is 2.53 bits per heavy atom. The van der Waals surface area contributed by atoms with E-state index in [0.717, 1.165) is 6.54 Å². The van der Waals surface area contributed by atoms with Crippen LogP contribution in [0.4, 0.5) is 0 Å². The number of nitrogens with one attached hydrogen (secondary N) is 1. The molecule has 0 aliphatic carbocycles. The number of ketones is 1. The molecule has 0 radical (unpaired) electrons. The summed E-state index contributed by atoms with van der Waals surface area (Å²) in [6.07, 6.45) is -0.184. The van der Waals surface area contributed by atoms with E-state index >= 15 is 0 Å². The first-order valence-electron chi connectivity index (χ1n) is 6.42. The Balaban J connectivity index is 3.14. The van der Waals surface area contributed by atoms with Gasteiger partial charge in [-0.3, -0.25) is 4.79 Å². The molecule has 0 rings (SSSR count). The van der Waals surface area contributed by atoms with E-state index in [4.69, 9.17) is 19.7 Å². The van der Waals surface area contributed by atoms with Crippen LogP contribution in [0.25, 0.3) is 0 Å². The highest BCUT2D eigenvalue weighted by Gasteiger charge is 2.04. The number of carbonyl (C=O) groups is 1. The number of likely N-dealkylation sites (N-methyl/N-ethyl adjacent to an activating group) is 1. The number of hydrogen-bond acceptors (Lipinski definition) is 7. The predicted molar refractivity (Wildman–Crippen MR) is 75.4 cm³/mol. The minimum absolute atomic E-state index is 0.111. The fourth-order valence-electron chi connectivity index (χ4n) is 1.22. The van der Waals surface area contributed by atoms with Gasteiger partial charge in [-0.15, -0.1) is 11.8 Å². The van der Waals surface area contributed by atoms with Gasteiger partial charge in [0.25, 0.3) is 0 Å². The molecule has 0 saturated heterocycles. The summed E-state index contributed by atoms with van der Waals surface area (Å²) < 4.78 is 10.6. The summed E-state index contributed by atoms with van der Waals surface area (Å²) in [6, 6.07) is 0. The van der Waals surface area contributed by atoms with Crippen molar-refractivity contribution in [3.8, 4) is 0 Å². The Morgan fingerprint density at radius 1 is 1.21 bits per heavy atom. The second kappa shape index (κ2) is 14.2. The highest BCUT2D eigenvalue weighted by Crippen LogP contribution is 2.04. The van der Waals surface area contributed by atoms with Crippen molar-refractivity contribution in [2.24, 2.45) is 0 Å². The van der Waals surface area contributed by atoms with Crippen LogP contribution in [-0.4, -0.2) is 73.8 Å². The molecule has 0 heterocycles. The lowest BCUT2D eigenvalue weighted by molar-refractivity contribution is -0.116. The van der Waals surface area contributed by atoms with Crippen molar-refractivity contribution < 1.29 is 24.5 Å². The molecular weight excluding hydrogens is 270 g/mol. The first kappa shape index (κ1) is 18.8. The van der Waals surface area contributed by atoms with Crippen molar-refractivity contribution in [1.82, 2.24) is 5.32 Å². The molecule has 3 N–H and O–H groups in total. The van der Waals surface area contributed by atoms with E-state index in [1.807, 2.05) is 7.05 Å². The summed E-state index contributed by atoms with van der Waals surface area (Å²) in [6.45, 7) is 3.17. The lowest BCUT2D eigenvalue weighted by Crippen LogP contribution is -2.16. The van der Waals surface area contributed by atoms with Crippen LogP contribution < -0.4 is 5.32 Å². The lowest BCUT2D eigenvalue weighted by atomic mass is 10.2. The van der Waals surface area contributed by atoms with Gasteiger partial charge in [-0.1, -0.05) is 0 Å². The summed E-state index contributed by atoms with van der Waals surface area (Å²) in [5, 5.41) is 20.2. The van der Waals surface area contributed by atoms with Gasteiger partial charge in [0.15, 0.2) is 6.29 Å². The van der Waals surface area contributed by atoms with Gasteiger partial charge in [0, 0.05) is 25.3 Å². The molecule has 0 amide bonds. The monoisotopic (exact) mass is 295 g/mol. The lowest BCUT2D eigenvalue weighted by Gasteiger charge is -2.06. The number of thioether (sulfide) groups is 1. The third-order valence-electron chi connectivity index (χ3n) is 2.14. The van der Waals surface area contributed by atoms with Crippen LogP contribution in [0.1, 0.15) is 12.8 Å². The standard InChI is InChI=1S/C12H25NO5S/c1-13-4-6-18-8-7-17-5-2-3-11(14)9-19-10-12(15)16/h12-13,15-16H,2-10H2,1H3. The van der Waals surface area contributed by atoms with Crippen LogP contribution in [0, 0.1) is 0 Å². The molecule has 114 valence electrons. The molecule has 0 fully saturated rings. The van der Waals surface area contributed by atoms with Gasteiger partial charge in [0.1, 0.15) is 5.78 Å². The second-order valence-corrected chi connectivity index (χ2v) is 5.00. The Bertz CT molecular complexity index is 216. The minimum Gasteiger partial charge on any atom is -0.379 e. The first-order chi connectivity index (χ1) is 9.16. The molecule has 0 bridgehead atoms. The molecule has 0 atom stereocenters. The van der Waals surface area contributed by atoms with Crippen molar-refractivity contribution >= 4 is 17.5 Å². The molecule has 0 unspecified atom stereocenters. The molecule has 0 aliphatic rings. The van der Waals surface area contributed by atoms with E-state index in [-0.39, 0.29) is 11.5 Å². The van der Waals surface area contributed by atoms with Crippen LogP contribution in [0.15, 0.2) is 0 Å². The van der Waals surface area contributed by atoms with Crippen LogP contribution in [0.5, 0.6) is 0 Å². The minimum atomic E-state index is -1.34. The number of aliphatic hydroxyl groups is 2. The van der Waals surface area contributed by atoms with Crippen LogP contribution >= 0.6 is 11.8 Å². The Labute approximate surface area is 118 Å². The number of ether oxygens (including phenoxy) is 2. The second-order valence-electron chi connectivity index (χ2n) is 3.97. The zero-order valence-corrected chi connectivity index (χ0v) is 12.3. The maximum Gasteiger partial charge on any atom is 0.160 e. The van der Waals surface area contributed by atoms with Crippen LogP contribution in [0.2, 0.25) is 0 Å². The molecule has 19 heavy (non-hydrogen) atoms. The summed E-state index contributed by atoms with van der Waals surface area (Å²) >= 11 is 1.23. The summed E-state index contributed by atoms with van der Waals surface area (Å²) in [4.78, 5) is 11.4. The van der Waals surface area contributed by atoms with Crippen molar-refractivity contribution in [2.45, 2.75) is 19.1 Å². The molecular formula is C12H25NO5S. The molecule has 0 aliphatic heterocycles. The maximum atomic E-state index is 11.4. The highest BCUT2D eigenvalue weighted by molar-refractivity contribution is 7.99. The average Bonchev–Trinajstić information content (AvgIpc) is 2.36. The normalized spacial score (nSPS) is 11.2. The van der Waals surface area contributed by atoms with Crippen molar-refractivity contribution in [3.05, 3.63) is 0 Å². The largest absolute Gasteiger partial charge is 0.379 e. The number of Topliss-reactive ketones (excluding diaryl/α,β-unsaturated/α-hetero) is 1. The Kier molecular flexibility index (Phi) is 14.1. The van der Waals surface area contributed by atoms with E-state index < -0.39 is 6.29 Å². The zero-order chi connectivity index (χ0) is 14.3. The predicted octanol–water partition coefficient (Wildman–Crippen LogP) is -0.368. The van der Waals surface area contributed by atoms with E-state index in [1.165, 1.54) is 11.8 Å². The van der Waals surface area contributed by atoms with Crippen LogP contribution in [-0.2, 0) is 14.3 Å². The number of hydrogen-bond donors (Lipinski definition) is 3. The number of aliphatic hydroxyl groups excluding tert-OH is 1. The van der Waals surface area contributed by atoms with Gasteiger partial charge in [-0.2, -0.15) is 0 Å². The molecule has 0 spiro atoms. The van der Waals surface area contributed by atoms with Gasteiger partial charge >= 0.3 is 0 Å². The van der Waals surface area contributed by atoms with Gasteiger partial charge in [-0.25, -0.2) is 0 Å². The topological polar surface area (TPSA) is 88.0 Å². The van der Waals surface area contributed by atoms with Crippen LogP contribution in [0.3, 0.4) is 0 Å². The molecule has 0 saturated carbocycles. The molecule has 0 aromatic rings. The van der Waals surface area contributed by atoms with Gasteiger partial charge in [-0.05, 0) is 13.5 Å². The van der Waals surface area contributed by atoms with E-state index in [2.05, 4.69) is 5.32 Å². The SMILES string of the molecule is CNCCOCCOCCCC(=O)CSCC(O)O. The molecule has 7 heteroatoms. The van der Waals surface area contributed by atoms with Gasteiger partial charge in [0.05, 0.1) is 25.6 Å². The third kappa shape index (κ3) is 15.8. The third-order valence-corrected chi connectivity index (χ3v) is 3.20. The Morgan fingerprint density at radius 2 is 1.89 bits per heavy atom. The van der Waals surface area contributed by atoms with E-state index in [0.29, 0.717) is 45.0 Å². The summed E-state index contributed by atoms with van der Waals surface area (Å²) in [5.41, 5.74) is 0. The smallest absolute Gasteiger partial charge is 0.160 e. The van der Waals surface area contributed by atoms with Crippen molar-refractivity contribution in [2.75, 3.05) is 51.5 Å². The van der Waals surface area contributed by atoms with Gasteiger partial charge in [0.2, 0.25) is 0 Å². The quantitative estimate of drug-likeness (QED) is 0.298. The highest BCUT2D eigenvalue weighted by atomic mass is 32.2. The average molecular weight is 295 g/mol.